The van der Waals surface area contributed by atoms with Gasteiger partial charge in [-0.15, -0.1) is 0 Å². The van der Waals surface area contributed by atoms with Gasteiger partial charge in [-0.3, -0.25) is 4.79 Å². The quantitative estimate of drug-likeness (QED) is 0.785. The molecular formula is C16H22F2N2O2. The van der Waals surface area contributed by atoms with Crippen LogP contribution in [0, 0.1) is 17.6 Å². The topological polar surface area (TPSA) is 41.6 Å². The minimum atomic E-state index is -0.722. The van der Waals surface area contributed by atoms with Crippen LogP contribution in [0.3, 0.4) is 0 Å². The van der Waals surface area contributed by atoms with E-state index in [1.165, 1.54) is 6.07 Å². The van der Waals surface area contributed by atoms with Gasteiger partial charge in [-0.2, -0.15) is 0 Å². The highest BCUT2D eigenvalue weighted by molar-refractivity contribution is 5.76. The molecule has 0 spiro atoms. The fraction of sp³-hybridized carbons (Fsp3) is 0.562. The first-order valence-electron chi connectivity index (χ1n) is 7.60. The predicted octanol–water partition coefficient (Wildman–Crippen LogP) is 2.19. The molecule has 1 aliphatic rings. The highest BCUT2D eigenvalue weighted by Gasteiger charge is 2.25. The summed E-state index contributed by atoms with van der Waals surface area (Å²) < 4.78 is 31.3. The second kappa shape index (κ2) is 8.08. The zero-order valence-electron chi connectivity index (χ0n) is 12.8. The molecule has 1 aliphatic heterocycles. The lowest BCUT2D eigenvalue weighted by molar-refractivity contribution is -0.130. The molecule has 4 nitrogen and oxygen atoms in total. The first-order chi connectivity index (χ1) is 10.6. The van der Waals surface area contributed by atoms with Crippen molar-refractivity contribution < 1.29 is 18.3 Å². The molecule has 1 N–H and O–H groups in total. The van der Waals surface area contributed by atoms with Crippen molar-refractivity contribution in [3.05, 3.63) is 29.8 Å². The van der Waals surface area contributed by atoms with Crippen LogP contribution < -0.4 is 10.1 Å². The van der Waals surface area contributed by atoms with Crippen LogP contribution in [0.2, 0.25) is 0 Å². The maximum atomic E-state index is 13.4. The van der Waals surface area contributed by atoms with Crippen LogP contribution in [-0.2, 0) is 4.79 Å². The van der Waals surface area contributed by atoms with Crippen LogP contribution in [-0.4, -0.2) is 44.1 Å². The molecule has 1 fully saturated rings. The molecule has 0 bridgehead atoms. The van der Waals surface area contributed by atoms with Gasteiger partial charge < -0.3 is 15.0 Å². The van der Waals surface area contributed by atoms with E-state index >= 15 is 0 Å². The van der Waals surface area contributed by atoms with Gasteiger partial charge in [0.15, 0.2) is 11.6 Å². The van der Waals surface area contributed by atoms with Crippen LogP contribution in [0.15, 0.2) is 18.2 Å². The Kier molecular flexibility index (Phi) is 6.12. The maximum absolute atomic E-state index is 13.4. The first kappa shape index (κ1) is 16.7. The lowest BCUT2D eigenvalue weighted by Crippen LogP contribution is -2.30. The van der Waals surface area contributed by atoms with Gasteiger partial charge in [-0.25, -0.2) is 8.78 Å². The molecule has 122 valence electrons. The summed E-state index contributed by atoms with van der Waals surface area (Å²) in [6.07, 6.45) is 1.93. The number of nitrogens with one attached hydrogen (secondary N) is 1. The fourth-order valence-electron chi connectivity index (χ4n) is 2.67. The van der Waals surface area contributed by atoms with Crippen molar-refractivity contribution in [3.8, 4) is 5.75 Å². The Bertz CT molecular complexity index is 511. The second-order valence-electron chi connectivity index (χ2n) is 5.58. The molecule has 1 aromatic carbocycles. The van der Waals surface area contributed by atoms with E-state index in [1.807, 2.05) is 11.9 Å². The van der Waals surface area contributed by atoms with Gasteiger partial charge in [0.05, 0.1) is 6.61 Å². The van der Waals surface area contributed by atoms with Gasteiger partial charge >= 0.3 is 0 Å². The Morgan fingerprint density at radius 1 is 1.45 bits per heavy atom. The van der Waals surface area contributed by atoms with E-state index in [0.717, 1.165) is 38.2 Å². The summed E-state index contributed by atoms with van der Waals surface area (Å²) in [4.78, 5) is 13.9. The van der Waals surface area contributed by atoms with Crippen molar-refractivity contribution in [1.82, 2.24) is 10.2 Å². The minimum absolute atomic E-state index is 0.0177. The van der Waals surface area contributed by atoms with E-state index in [9.17, 15) is 13.6 Å². The molecule has 1 atom stereocenters. The molecular weight excluding hydrogens is 290 g/mol. The van der Waals surface area contributed by atoms with Gasteiger partial charge in [-0.05, 0) is 44.5 Å². The van der Waals surface area contributed by atoms with Crippen molar-refractivity contribution in [2.24, 2.45) is 5.92 Å². The molecule has 2 rings (SSSR count). The number of carbonyl (C=O) groups is 1. The number of carbonyl (C=O) groups excluding carboxylic acids is 1. The minimum Gasteiger partial charge on any atom is -0.491 e. The van der Waals surface area contributed by atoms with Crippen LogP contribution in [0.4, 0.5) is 8.78 Å². The Morgan fingerprint density at radius 2 is 2.27 bits per heavy atom. The third-order valence-corrected chi connectivity index (χ3v) is 3.82. The smallest absolute Gasteiger partial charge is 0.222 e. The molecule has 22 heavy (non-hydrogen) atoms. The largest absolute Gasteiger partial charge is 0.491 e. The molecule has 6 heteroatoms. The van der Waals surface area contributed by atoms with Crippen molar-refractivity contribution in [2.75, 3.05) is 33.3 Å². The summed E-state index contributed by atoms with van der Waals surface area (Å²) in [5, 5.41) is 3.13. The Balaban J connectivity index is 1.67. The fourth-order valence-corrected chi connectivity index (χ4v) is 2.67. The summed E-state index contributed by atoms with van der Waals surface area (Å²) in [6, 6.07) is 3.19. The number of nitrogens with zero attached hydrogens (tertiary/aromatic N) is 1. The van der Waals surface area contributed by atoms with Crippen LogP contribution in [0.1, 0.15) is 19.3 Å². The molecule has 0 aliphatic carbocycles. The van der Waals surface area contributed by atoms with Crippen LogP contribution in [0.25, 0.3) is 0 Å². The van der Waals surface area contributed by atoms with Gasteiger partial charge in [0.25, 0.3) is 0 Å². The van der Waals surface area contributed by atoms with Crippen molar-refractivity contribution in [3.63, 3.8) is 0 Å². The molecule has 1 heterocycles. The van der Waals surface area contributed by atoms with Gasteiger partial charge in [0.1, 0.15) is 5.82 Å². The van der Waals surface area contributed by atoms with Gasteiger partial charge in [-0.1, -0.05) is 0 Å². The van der Waals surface area contributed by atoms with E-state index < -0.39 is 11.6 Å². The van der Waals surface area contributed by atoms with Crippen molar-refractivity contribution >= 4 is 5.91 Å². The average molecular weight is 312 g/mol. The monoisotopic (exact) mass is 312 g/mol. The zero-order valence-corrected chi connectivity index (χ0v) is 12.8. The summed E-state index contributed by atoms with van der Waals surface area (Å²) in [5.74, 6) is -0.699. The standard InChI is InChI=1S/C16H22F2N2O2/c1-19-10-12-6-7-20(11-12)16(21)3-2-8-22-15-5-4-13(17)9-14(15)18/h4-5,9,12,19H,2-3,6-8,10-11H2,1H3/t12-/m0/s1. The Labute approximate surface area is 129 Å². The number of halogens is 2. The van der Waals surface area contributed by atoms with Crippen molar-refractivity contribution in [1.29, 1.82) is 0 Å². The summed E-state index contributed by atoms with van der Waals surface area (Å²) >= 11 is 0. The highest BCUT2D eigenvalue weighted by Crippen LogP contribution is 2.19. The van der Waals surface area contributed by atoms with E-state index in [4.69, 9.17) is 4.74 Å². The highest BCUT2D eigenvalue weighted by atomic mass is 19.1. The molecule has 1 saturated heterocycles. The summed E-state index contributed by atoms with van der Waals surface area (Å²) in [6.45, 7) is 2.77. The second-order valence-corrected chi connectivity index (χ2v) is 5.58. The molecule has 0 unspecified atom stereocenters. The summed E-state index contributed by atoms with van der Waals surface area (Å²) in [5.41, 5.74) is 0. The molecule has 0 saturated carbocycles. The normalized spacial score (nSPS) is 17.8. The number of ether oxygens (including phenoxy) is 1. The predicted molar refractivity (Wildman–Crippen MR) is 79.7 cm³/mol. The van der Waals surface area contributed by atoms with E-state index in [1.54, 1.807) is 0 Å². The molecule has 1 amide bonds. The molecule has 1 aromatic rings. The Morgan fingerprint density at radius 3 is 3.00 bits per heavy atom. The van der Waals surface area contributed by atoms with E-state index in [-0.39, 0.29) is 18.3 Å². The zero-order chi connectivity index (χ0) is 15.9. The van der Waals surface area contributed by atoms with E-state index in [2.05, 4.69) is 5.32 Å². The number of amides is 1. The van der Waals surface area contributed by atoms with Crippen molar-refractivity contribution in [2.45, 2.75) is 19.3 Å². The molecule has 0 radical (unpaired) electrons. The van der Waals surface area contributed by atoms with Gasteiger partial charge in [0.2, 0.25) is 5.91 Å². The van der Waals surface area contributed by atoms with Crippen LogP contribution >= 0.6 is 0 Å². The average Bonchev–Trinajstić information content (AvgIpc) is 2.94. The number of hydrogen-bond donors (Lipinski definition) is 1. The molecule has 0 aromatic heterocycles. The SMILES string of the molecule is CNC[C@@H]1CCN(C(=O)CCCOc2ccc(F)cc2F)C1. The third kappa shape index (κ3) is 4.66. The lowest BCUT2D eigenvalue weighted by atomic mass is 10.1. The maximum Gasteiger partial charge on any atom is 0.222 e. The number of hydrogen-bond acceptors (Lipinski definition) is 3. The van der Waals surface area contributed by atoms with Crippen LogP contribution in [0.5, 0.6) is 5.75 Å². The lowest BCUT2D eigenvalue weighted by Gasteiger charge is -2.16. The van der Waals surface area contributed by atoms with Gasteiger partial charge in [0, 0.05) is 25.6 Å². The Hall–Kier alpha value is -1.69. The number of benzene rings is 1. The third-order valence-electron chi connectivity index (χ3n) is 3.82. The first-order valence-corrected chi connectivity index (χ1v) is 7.60. The number of rotatable bonds is 7. The number of likely N-dealkylation sites (tertiary alicyclic amines) is 1. The van der Waals surface area contributed by atoms with E-state index in [0.29, 0.717) is 18.8 Å². The summed E-state index contributed by atoms with van der Waals surface area (Å²) in [7, 11) is 1.91.